The van der Waals surface area contributed by atoms with Gasteiger partial charge in [0.05, 0.1) is 0 Å². The molecule has 0 amide bonds. The number of hydrogen-bond acceptors (Lipinski definition) is 5. The summed E-state index contributed by atoms with van der Waals surface area (Å²) in [6.45, 7) is 4.90. The summed E-state index contributed by atoms with van der Waals surface area (Å²) in [4.78, 5) is 6.45. The third-order valence-electron chi connectivity index (χ3n) is 2.94. The number of fused-ring (bicyclic) bond motifs is 1. The molecule has 92 valence electrons. The summed E-state index contributed by atoms with van der Waals surface area (Å²) in [6, 6.07) is 0.432. The molecule has 2 heterocycles. The molecule has 0 aliphatic heterocycles. The Labute approximate surface area is 101 Å². The zero-order valence-electron chi connectivity index (χ0n) is 10.7. The van der Waals surface area contributed by atoms with Gasteiger partial charge in [0, 0.05) is 25.0 Å². The molecule has 0 saturated carbocycles. The third-order valence-corrected chi connectivity index (χ3v) is 2.94. The molecule has 1 unspecified atom stereocenters. The number of nitrogens with one attached hydrogen (secondary N) is 1. The maximum absolute atomic E-state index is 4.30. The standard InChI is InChI=1S/C11H18N6/c1-8(16(3)4)7-13-10-11-15-14-9(2)17(11)6-5-12-10/h5-6,8H,7H2,1-4H3,(H,12,13). The fourth-order valence-electron chi connectivity index (χ4n) is 1.49. The number of aryl methyl sites for hydroxylation is 1. The lowest BCUT2D eigenvalue weighted by Gasteiger charge is -2.20. The third kappa shape index (κ3) is 2.36. The van der Waals surface area contributed by atoms with Crippen molar-refractivity contribution in [1.82, 2.24) is 24.5 Å². The normalized spacial score (nSPS) is 13.2. The second kappa shape index (κ2) is 4.67. The van der Waals surface area contributed by atoms with E-state index >= 15 is 0 Å². The minimum atomic E-state index is 0.432. The molecular formula is C11H18N6. The summed E-state index contributed by atoms with van der Waals surface area (Å²) in [6.07, 6.45) is 3.62. The Morgan fingerprint density at radius 2 is 2.18 bits per heavy atom. The van der Waals surface area contributed by atoms with E-state index in [9.17, 15) is 0 Å². The average Bonchev–Trinajstić information content (AvgIpc) is 2.69. The van der Waals surface area contributed by atoms with Crippen molar-refractivity contribution in [3.8, 4) is 0 Å². The molecule has 2 rings (SSSR count). The molecule has 0 aliphatic carbocycles. The van der Waals surface area contributed by atoms with Crippen LogP contribution in [-0.2, 0) is 0 Å². The highest BCUT2D eigenvalue weighted by Gasteiger charge is 2.09. The molecule has 6 heteroatoms. The predicted octanol–water partition coefficient (Wildman–Crippen LogP) is 0.795. The molecule has 0 fully saturated rings. The first-order valence-electron chi connectivity index (χ1n) is 5.66. The molecule has 6 nitrogen and oxygen atoms in total. The largest absolute Gasteiger partial charge is 0.365 e. The summed E-state index contributed by atoms with van der Waals surface area (Å²) in [5, 5.41) is 11.5. The molecule has 0 saturated heterocycles. The highest BCUT2D eigenvalue weighted by molar-refractivity contribution is 5.61. The van der Waals surface area contributed by atoms with E-state index in [2.05, 4.69) is 46.4 Å². The quantitative estimate of drug-likeness (QED) is 0.847. The van der Waals surface area contributed by atoms with Crippen molar-refractivity contribution in [3.05, 3.63) is 18.2 Å². The van der Waals surface area contributed by atoms with Gasteiger partial charge in [-0.1, -0.05) is 0 Å². The van der Waals surface area contributed by atoms with Crippen LogP contribution in [0.4, 0.5) is 5.82 Å². The SMILES string of the molecule is Cc1nnc2c(NCC(C)N(C)C)nccn12. The van der Waals surface area contributed by atoms with Crippen molar-refractivity contribution >= 4 is 11.5 Å². The van der Waals surface area contributed by atoms with E-state index in [0.717, 1.165) is 23.8 Å². The molecule has 2 aromatic heterocycles. The smallest absolute Gasteiger partial charge is 0.203 e. The van der Waals surface area contributed by atoms with Crippen molar-refractivity contribution in [2.45, 2.75) is 19.9 Å². The summed E-state index contributed by atoms with van der Waals surface area (Å²) >= 11 is 0. The van der Waals surface area contributed by atoms with Crippen molar-refractivity contribution in [2.24, 2.45) is 0 Å². The topological polar surface area (TPSA) is 58.4 Å². The van der Waals surface area contributed by atoms with Crippen LogP contribution in [-0.4, -0.2) is 51.2 Å². The van der Waals surface area contributed by atoms with Gasteiger partial charge in [0.25, 0.3) is 0 Å². The predicted molar refractivity (Wildman–Crippen MR) is 67.2 cm³/mol. The van der Waals surface area contributed by atoms with Crippen LogP contribution in [0.5, 0.6) is 0 Å². The molecule has 0 bridgehead atoms. The monoisotopic (exact) mass is 234 g/mol. The minimum absolute atomic E-state index is 0.432. The molecule has 0 aliphatic rings. The van der Waals surface area contributed by atoms with E-state index in [0.29, 0.717) is 6.04 Å². The average molecular weight is 234 g/mol. The van der Waals surface area contributed by atoms with Crippen molar-refractivity contribution in [1.29, 1.82) is 0 Å². The number of nitrogens with zero attached hydrogens (tertiary/aromatic N) is 5. The van der Waals surface area contributed by atoms with Crippen molar-refractivity contribution in [2.75, 3.05) is 26.0 Å². The Balaban J connectivity index is 2.19. The van der Waals surface area contributed by atoms with E-state index in [1.165, 1.54) is 0 Å². The molecule has 1 atom stereocenters. The van der Waals surface area contributed by atoms with Crippen LogP contribution in [0.15, 0.2) is 12.4 Å². The Morgan fingerprint density at radius 3 is 2.88 bits per heavy atom. The van der Waals surface area contributed by atoms with Gasteiger partial charge in [-0.3, -0.25) is 4.40 Å². The zero-order valence-corrected chi connectivity index (χ0v) is 10.7. The summed E-state index contributed by atoms with van der Waals surface area (Å²) < 4.78 is 1.93. The number of anilines is 1. The van der Waals surface area contributed by atoms with Crippen LogP contribution < -0.4 is 5.32 Å². The highest BCUT2D eigenvalue weighted by Crippen LogP contribution is 2.11. The number of aromatic nitrogens is 4. The highest BCUT2D eigenvalue weighted by atomic mass is 15.3. The van der Waals surface area contributed by atoms with Gasteiger partial charge >= 0.3 is 0 Å². The van der Waals surface area contributed by atoms with E-state index in [1.807, 2.05) is 17.5 Å². The van der Waals surface area contributed by atoms with Crippen LogP contribution in [0.25, 0.3) is 5.65 Å². The lowest BCUT2D eigenvalue weighted by atomic mass is 10.3. The first-order chi connectivity index (χ1) is 8.09. The van der Waals surface area contributed by atoms with Gasteiger partial charge < -0.3 is 10.2 Å². The second-order valence-corrected chi connectivity index (χ2v) is 4.41. The first kappa shape index (κ1) is 11.8. The van der Waals surface area contributed by atoms with Gasteiger partial charge in [0.2, 0.25) is 5.65 Å². The molecule has 0 radical (unpaired) electrons. The Kier molecular flexibility index (Phi) is 3.23. The van der Waals surface area contributed by atoms with Crippen molar-refractivity contribution < 1.29 is 0 Å². The van der Waals surface area contributed by atoms with Crippen molar-refractivity contribution in [3.63, 3.8) is 0 Å². The van der Waals surface area contributed by atoms with Crippen LogP contribution in [0, 0.1) is 6.92 Å². The first-order valence-corrected chi connectivity index (χ1v) is 5.66. The molecular weight excluding hydrogens is 216 g/mol. The van der Waals surface area contributed by atoms with Crippen LogP contribution in [0.1, 0.15) is 12.7 Å². The number of likely N-dealkylation sites (N-methyl/N-ethyl adjacent to an activating group) is 1. The molecule has 2 aromatic rings. The van der Waals surface area contributed by atoms with E-state index in [-0.39, 0.29) is 0 Å². The Morgan fingerprint density at radius 1 is 1.41 bits per heavy atom. The molecule has 0 spiro atoms. The fraction of sp³-hybridized carbons (Fsp3) is 0.545. The maximum Gasteiger partial charge on any atom is 0.203 e. The van der Waals surface area contributed by atoms with Crippen LogP contribution in [0.3, 0.4) is 0 Å². The van der Waals surface area contributed by atoms with Gasteiger partial charge in [0.1, 0.15) is 5.82 Å². The molecule has 1 N–H and O–H groups in total. The lowest BCUT2D eigenvalue weighted by Crippen LogP contribution is -2.31. The zero-order chi connectivity index (χ0) is 12.4. The second-order valence-electron chi connectivity index (χ2n) is 4.41. The van der Waals surface area contributed by atoms with Gasteiger partial charge in [-0.15, -0.1) is 10.2 Å². The number of rotatable bonds is 4. The summed E-state index contributed by atoms with van der Waals surface area (Å²) in [5.74, 6) is 1.65. The minimum Gasteiger partial charge on any atom is -0.365 e. The van der Waals surface area contributed by atoms with E-state index in [4.69, 9.17) is 0 Å². The molecule has 0 aromatic carbocycles. The number of hydrogen-bond donors (Lipinski definition) is 1. The maximum atomic E-state index is 4.30. The lowest BCUT2D eigenvalue weighted by molar-refractivity contribution is 0.326. The Bertz CT molecular complexity index is 504. The van der Waals surface area contributed by atoms with Crippen LogP contribution in [0.2, 0.25) is 0 Å². The summed E-state index contributed by atoms with van der Waals surface area (Å²) in [5.41, 5.74) is 0.774. The Hall–Kier alpha value is -1.69. The fourth-order valence-corrected chi connectivity index (χ4v) is 1.49. The van der Waals surface area contributed by atoms with Crippen LogP contribution >= 0.6 is 0 Å². The summed E-state index contributed by atoms with van der Waals surface area (Å²) in [7, 11) is 4.11. The van der Waals surface area contributed by atoms with Gasteiger partial charge in [-0.2, -0.15) is 0 Å². The van der Waals surface area contributed by atoms with E-state index in [1.54, 1.807) is 6.20 Å². The van der Waals surface area contributed by atoms with Gasteiger partial charge in [0.15, 0.2) is 5.82 Å². The van der Waals surface area contributed by atoms with Gasteiger partial charge in [-0.05, 0) is 27.9 Å². The molecule has 17 heavy (non-hydrogen) atoms. The van der Waals surface area contributed by atoms with E-state index < -0.39 is 0 Å². The van der Waals surface area contributed by atoms with Gasteiger partial charge in [-0.25, -0.2) is 4.98 Å².